The minimum Gasteiger partial charge on any atom is -0.378 e. The molecule has 0 aliphatic heterocycles. The fraction of sp³-hybridized carbons (Fsp3) is 0.389. The molecule has 2 N–H and O–H groups in total. The van der Waals surface area contributed by atoms with Crippen LogP contribution in [-0.4, -0.2) is 41.2 Å². The monoisotopic (exact) mass is 360 g/mol. The third-order valence-electron chi connectivity index (χ3n) is 4.07. The molecule has 7 heteroatoms. The van der Waals surface area contributed by atoms with Crippen LogP contribution in [-0.2, 0) is 6.54 Å². The first kappa shape index (κ1) is 18.9. The first-order chi connectivity index (χ1) is 11.8. The third kappa shape index (κ3) is 4.36. The predicted molar refractivity (Wildman–Crippen MR) is 101 cm³/mol. The van der Waals surface area contributed by atoms with E-state index >= 15 is 0 Å². The van der Waals surface area contributed by atoms with Gasteiger partial charge in [-0.1, -0.05) is 12.1 Å². The number of benzene rings is 1. The first-order valence-electron chi connectivity index (χ1n) is 8.13. The number of amides is 2. The van der Waals surface area contributed by atoms with Gasteiger partial charge >= 0.3 is 0 Å². The minimum absolute atomic E-state index is 0.00998. The normalized spacial score (nSPS) is 10.6. The highest BCUT2D eigenvalue weighted by molar-refractivity contribution is 7.10. The lowest BCUT2D eigenvalue weighted by atomic mass is 10.1. The molecule has 2 rings (SSSR count). The Morgan fingerprint density at radius 3 is 2.44 bits per heavy atom. The van der Waals surface area contributed by atoms with Gasteiger partial charge in [0.15, 0.2) is 0 Å². The lowest BCUT2D eigenvalue weighted by molar-refractivity contribution is 0.0754. The van der Waals surface area contributed by atoms with Crippen molar-refractivity contribution in [1.82, 2.24) is 14.6 Å². The van der Waals surface area contributed by atoms with Crippen LogP contribution in [0.5, 0.6) is 0 Å². The van der Waals surface area contributed by atoms with Gasteiger partial charge < -0.3 is 15.5 Å². The Morgan fingerprint density at radius 2 is 1.88 bits per heavy atom. The summed E-state index contributed by atoms with van der Waals surface area (Å²) >= 11 is 1.27. The van der Waals surface area contributed by atoms with E-state index in [4.69, 9.17) is 0 Å². The molecule has 0 bridgehead atoms. The highest BCUT2D eigenvalue weighted by atomic mass is 32.1. The van der Waals surface area contributed by atoms with Gasteiger partial charge in [0, 0.05) is 32.2 Å². The summed E-state index contributed by atoms with van der Waals surface area (Å²) in [5.74, 6) is -0.167. The number of carbonyl (C=O) groups excluding carboxylic acids is 2. The van der Waals surface area contributed by atoms with Crippen molar-refractivity contribution in [3.63, 3.8) is 0 Å². The van der Waals surface area contributed by atoms with Gasteiger partial charge in [-0.05, 0) is 50.0 Å². The summed E-state index contributed by atoms with van der Waals surface area (Å²) in [6.45, 7) is 6.16. The van der Waals surface area contributed by atoms with E-state index in [1.54, 1.807) is 31.1 Å². The number of anilines is 1. The largest absolute Gasteiger partial charge is 0.378 e. The maximum Gasteiger partial charge on any atom is 0.256 e. The number of nitrogens with zero attached hydrogens (tertiary/aromatic N) is 2. The minimum atomic E-state index is -0.157. The third-order valence-corrected chi connectivity index (χ3v) is 5.02. The first-order valence-corrected chi connectivity index (χ1v) is 8.90. The van der Waals surface area contributed by atoms with E-state index in [1.807, 2.05) is 32.9 Å². The molecule has 0 aliphatic rings. The zero-order chi connectivity index (χ0) is 18.6. The fourth-order valence-corrected chi connectivity index (χ4v) is 3.02. The molecule has 0 saturated heterocycles. The summed E-state index contributed by atoms with van der Waals surface area (Å²) in [5.41, 5.74) is 2.87. The van der Waals surface area contributed by atoms with E-state index in [1.165, 1.54) is 11.5 Å². The van der Waals surface area contributed by atoms with Crippen LogP contribution in [0.2, 0.25) is 0 Å². The van der Waals surface area contributed by atoms with Gasteiger partial charge in [0.2, 0.25) is 0 Å². The summed E-state index contributed by atoms with van der Waals surface area (Å²) in [6.07, 6.45) is 0. The zero-order valence-electron chi connectivity index (χ0n) is 15.2. The van der Waals surface area contributed by atoms with Crippen LogP contribution in [0.15, 0.2) is 24.3 Å². The van der Waals surface area contributed by atoms with E-state index in [9.17, 15) is 9.59 Å². The van der Waals surface area contributed by atoms with Crippen molar-refractivity contribution in [1.29, 1.82) is 0 Å². The lowest BCUT2D eigenvalue weighted by Crippen LogP contribution is -2.32. The van der Waals surface area contributed by atoms with Crippen LogP contribution in [0.25, 0.3) is 0 Å². The second-order valence-electron chi connectivity index (χ2n) is 6.11. The number of nitrogens with one attached hydrogen (secondary N) is 2. The molecule has 0 fully saturated rings. The van der Waals surface area contributed by atoms with E-state index in [2.05, 4.69) is 15.0 Å². The van der Waals surface area contributed by atoms with Gasteiger partial charge in [-0.15, -0.1) is 0 Å². The Hall–Kier alpha value is -2.41. The van der Waals surface area contributed by atoms with Gasteiger partial charge in [-0.3, -0.25) is 9.59 Å². The van der Waals surface area contributed by atoms with Crippen molar-refractivity contribution in [3.8, 4) is 0 Å². The second-order valence-corrected chi connectivity index (χ2v) is 6.88. The van der Waals surface area contributed by atoms with Crippen molar-refractivity contribution >= 4 is 28.3 Å². The molecule has 2 amide bonds. The quantitative estimate of drug-likeness (QED) is 0.831. The van der Waals surface area contributed by atoms with Crippen molar-refractivity contribution in [2.75, 3.05) is 19.4 Å². The van der Waals surface area contributed by atoms with Crippen LogP contribution < -0.4 is 10.6 Å². The maximum atomic E-state index is 12.4. The van der Waals surface area contributed by atoms with Gasteiger partial charge in [-0.2, -0.15) is 4.37 Å². The molecule has 1 aromatic carbocycles. The molecular formula is C18H24N4O2S. The number of aryl methyl sites for hydroxylation is 1. The van der Waals surface area contributed by atoms with E-state index in [-0.39, 0.29) is 17.9 Å². The number of carbonyl (C=O) groups is 2. The summed E-state index contributed by atoms with van der Waals surface area (Å²) < 4.78 is 4.20. The van der Waals surface area contributed by atoms with Crippen LogP contribution in [0.1, 0.15) is 45.8 Å². The summed E-state index contributed by atoms with van der Waals surface area (Å²) in [6, 6.07) is 7.45. The Balaban J connectivity index is 2.01. The SMILES string of the molecule is CNc1snc(C)c1C(=O)NCc1ccc(C(=O)N(C)C(C)C)cc1. The molecular weight excluding hydrogens is 336 g/mol. The molecule has 0 unspecified atom stereocenters. The van der Waals surface area contributed by atoms with Gasteiger partial charge in [0.05, 0.1) is 11.3 Å². The average molecular weight is 360 g/mol. The predicted octanol–water partition coefficient (Wildman–Crippen LogP) is 2.90. The molecule has 6 nitrogen and oxygen atoms in total. The molecule has 0 aliphatic carbocycles. The summed E-state index contributed by atoms with van der Waals surface area (Å²) in [5, 5.41) is 6.64. The van der Waals surface area contributed by atoms with E-state index in [0.29, 0.717) is 23.4 Å². The Labute approximate surface area is 152 Å². The van der Waals surface area contributed by atoms with E-state index < -0.39 is 0 Å². The van der Waals surface area contributed by atoms with Gasteiger partial charge in [0.1, 0.15) is 5.00 Å². The molecule has 1 aromatic heterocycles. The molecule has 0 atom stereocenters. The van der Waals surface area contributed by atoms with Crippen molar-refractivity contribution in [3.05, 3.63) is 46.6 Å². The Morgan fingerprint density at radius 1 is 1.24 bits per heavy atom. The van der Waals surface area contributed by atoms with Gasteiger partial charge in [0.25, 0.3) is 11.8 Å². The van der Waals surface area contributed by atoms with Crippen molar-refractivity contribution in [2.24, 2.45) is 0 Å². The topological polar surface area (TPSA) is 74.3 Å². The van der Waals surface area contributed by atoms with Crippen molar-refractivity contribution in [2.45, 2.75) is 33.4 Å². The molecule has 0 spiro atoms. The molecule has 0 saturated carbocycles. The summed E-state index contributed by atoms with van der Waals surface area (Å²) in [7, 11) is 3.56. The molecule has 25 heavy (non-hydrogen) atoms. The standard InChI is InChI=1S/C18H24N4O2S/c1-11(2)22(5)18(24)14-8-6-13(7-9-14)10-20-16(23)15-12(3)21-25-17(15)19-4/h6-9,11,19H,10H2,1-5H3,(H,20,23). The van der Waals surface area contributed by atoms with E-state index in [0.717, 1.165) is 10.6 Å². The smallest absolute Gasteiger partial charge is 0.256 e. The highest BCUT2D eigenvalue weighted by Crippen LogP contribution is 2.23. The lowest BCUT2D eigenvalue weighted by Gasteiger charge is -2.21. The number of hydrogen-bond acceptors (Lipinski definition) is 5. The van der Waals surface area contributed by atoms with Crippen LogP contribution in [0, 0.1) is 6.92 Å². The number of hydrogen-bond donors (Lipinski definition) is 2. The number of rotatable bonds is 6. The highest BCUT2D eigenvalue weighted by Gasteiger charge is 2.17. The molecule has 134 valence electrons. The second kappa shape index (κ2) is 8.11. The average Bonchev–Trinajstić information content (AvgIpc) is 2.99. The molecule has 2 aromatic rings. The number of aromatic nitrogens is 1. The molecule has 1 heterocycles. The van der Waals surface area contributed by atoms with Crippen LogP contribution >= 0.6 is 11.5 Å². The van der Waals surface area contributed by atoms with Crippen molar-refractivity contribution < 1.29 is 9.59 Å². The zero-order valence-corrected chi connectivity index (χ0v) is 16.0. The van der Waals surface area contributed by atoms with Gasteiger partial charge in [-0.25, -0.2) is 0 Å². The maximum absolute atomic E-state index is 12.4. The Bertz CT molecular complexity index is 753. The van der Waals surface area contributed by atoms with Crippen LogP contribution in [0.3, 0.4) is 0 Å². The van der Waals surface area contributed by atoms with Crippen LogP contribution in [0.4, 0.5) is 5.00 Å². The Kier molecular flexibility index (Phi) is 6.14. The fourth-order valence-electron chi connectivity index (χ4n) is 2.28. The molecule has 0 radical (unpaired) electrons. The summed E-state index contributed by atoms with van der Waals surface area (Å²) in [4.78, 5) is 26.3.